The van der Waals surface area contributed by atoms with Crippen LogP contribution in [0.25, 0.3) is 5.69 Å². The monoisotopic (exact) mass is 348 g/mol. The lowest BCUT2D eigenvalue weighted by Gasteiger charge is -2.34. The number of benzene rings is 1. The highest BCUT2D eigenvalue weighted by Gasteiger charge is 2.33. The van der Waals surface area contributed by atoms with Crippen molar-refractivity contribution in [3.63, 3.8) is 0 Å². The highest BCUT2D eigenvalue weighted by atomic mass is 35.5. The molecule has 126 valence electrons. The summed E-state index contributed by atoms with van der Waals surface area (Å²) >= 11 is 6.12. The molecule has 1 aromatic heterocycles. The third-order valence-electron chi connectivity index (χ3n) is 4.11. The molecule has 0 radical (unpaired) electrons. The van der Waals surface area contributed by atoms with Gasteiger partial charge in [-0.15, -0.1) is 5.10 Å². The number of carbonyl (C=O) groups excluding carboxylic acids is 1. The van der Waals surface area contributed by atoms with Gasteiger partial charge in [-0.05, 0) is 24.5 Å². The Balaban J connectivity index is 1.81. The van der Waals surface area contributed by atoms with Gasteiger partial charge >= 0.3 is 5.97 Å². The maximum Gasteiger partial charge on any atom is 0.308 e. The topological polar surface area (TPSA) is 88.3 Å². The van der Waals surface area contributed by atoms with Crippen molar-refractivity contribution < 1.29 is 14.7 Å². The molecular formula is C16H17ClN4O3. The number of carboxylic acid groups (broad SMARTS) is 1. The number of rotatable bonds is 3. The SMILES string of the molecule is CC1CC(C(=O)O)CN(C(=O)c2cn(-c3ccccc3Cl)nn2)C1. The number of halogens is 1. The van der Waals surface area contributed by atoms with Crippen LogP contribution >= 0.6 is 11.6 Å². The van der Waals surface area contributed by atoms with Gasteiger partial charge in [0, 0.05) is 13.1 Å². The second-order valence-electron chi connectivity index (χ2n) is 6.09. The summed E-state index contributed by atoms with van der Waals surface area (Å²) in [6.07, 6.45) is 2.09. The molecule has 2 atom stereocenters. The quantitative estimate of drug-likeness (QED) is 0.917. The second-order valence-corrected chi connectivity index (χ2v) is 6.49. The molecule has 7 nitrogen and oxygen atoms in total. The van der Waals surface area contributed by atoms with E-state index in [1.165, 1.54) is 15.8 Å². The van der Waals surface area contributed by atoms with Crippen molar-refractivity contribution in [3.8, 4) is 5.69 Å². The molecule has 1 saturated heterocycles. The van der Waals surface area contributed by atoms with Crippen LogP contribution in [0.5, 0.6) is 0 Å². The first-order valence-electron chi connectivity index (χ1n) is 7.65. The zero-order valence-electron chi connectivity index (χ0n) is 13.1. The number of hydrogen-bond acceptors (Lipinski definition) is 4. The van der Waals surface area contributed by atoms with Crippen LogP contribution in [0.15, 0.2) is 30.5 Å². The molecule has 2 heterocycles. The van der Waals surface area contributed by atoms with E-state index in [1.807, 2.05) is 13.0 Å². The number of piperidine rings is 1. The number of aromatic nitrogens is 3. The van der Waals surface area contributed by atoms with E-state index in [4.69, 9.17) is 11.6 Å². The van der Waals surface area contributed by atoms with Gasteiger partial charge in [0.1, 0.15) is 0 Å². The Hall–Kier alpha value is -2.41. The summed E-state index contributed by atoms with van der Waals surface area (Å²) in [5.74, 6) is -1.61. The highest BCUT2D eigenvalue weighted by Crippen LogP contribution is 2.23. The van der Waals surface area contributed by atoms with Gasteiger partial charge in [-0.25, -0.2) is 4.68 Å². The molecule has 1 fully saturated rings. The fraction of sp³-hybridized carbons (Fsp3) is 0.375. The molecule has 0 spiro atoms. The van der Waals surface area contributed by atoms with Gasteiger partial charge in [-0.1, -0.05) is 35.9 Å². The van der Waals surface area contributed by atoms with Gasteiger partial charge < -0.3 is 10.0 Å². The van der Waals surface area contributed by atoms with Crippen molar-refractivity contribution in [2.24, 2.45) is 11.8 Å². The van der Waals surface area contributed by atoms with Crippen LogP contribution in [0, 0.1) is 11.8 Å². The maximum absolute atomic E-state index is 12.6. The average Bonchev–Trinajstić information content (AvgIpc) is 3.03. The van der Waals surface area contributed by atoms with Crippen molar-refractivity contribution in [3.05, 3.63) is 41.2 Å². The van der Waals surface area contributed by atoms with Gasteiger partial charge in [0.25, 0.3) is 5.91 Å². The molecular weight excluding hydrogens is 332 g/mol. The molecule has 1 amide bonds. The average molecular weight is 349 g/mol. The van der Waals surface area contributed by atoms with Crippen LogP contribution in [0.2, 0.25) is 5.02 Å². The minimum Gasteiger partial charge on any atom is -0.481 e. The second kappa shape index (κ2) is 6.60. The summed E-state index contributed by atoms with van der Waals surface area (Å²) in [5.41, 5.74) is 0.800. The van der Waals surface area contributed by atoms with E-state index < -0.39 is 11.9 Å². The summed E-state index contributed by atoms with van der Waals surface area (Å²) in [5, 5.41) is 17.6. The Morgan fingerprint density at radius 2 is 2.04 bits per heavy atom. The predicted molar refractivity (Wildman–Crippen MR) is 87.2 cm³/mol. The Labute approximate surface area is 143 Å². The Morgan fingerprint density at radius 1 is 1.29 bits per heavy atom. The number of carbonyl (C=O) groups is 2. The predicted octanol–water partition coefficient (Wildman–Crippen LogP) is 2.10. The third-order valence-corrected chi connectivity index (χ3v) is 4.43. The molecule has 0 saturated carbocycles. The van der Waals surface area contributed by atoms with E-state index in [2.05, 4.69) is 10.3 Å². The lowest BCUT2D eigenvalue weighted by molar-refractivity contribution is -0.143. The molecule has 3 rings (SSSR count). The van der Waals surface area contributed by atoms with E-state index in [-0.39, 0.29) is 24.1 Å². The minimum atomic E-state index is -0.876. The number of para-hydroxylation sites is 1. The summed E-state index contributed by atoms with van der Waals surface area (Å²) < 4.78 is 1.44. The molecule has 24 heavy (non-hydrogen) atoms. The third kappa shape index (κ3) is 3.26. The van der Waals surface area contributed by atoms with Crippen molar-refractivity contribution in [2.45, 2.75) is 13.3 Å². The fourth-order valence-electron chi connectivity index (χ4n) is 2.98. The van der Waals surface area contributed by atoms with Crippen LogP contribution in [0.4, 0.5) is 0 Å². The minimum absolute atomic E-state index is 0.127. The lowest BCUT2D eigenvalue weighted by atomic mass is 9.90. The van der Waals surface area contributed by atoms with Gasteiger partial charge in [0.2, 0.25) is 0 Å². The lowest BCUT2D eigenvalue weighted by Crippen LogP contribution is -2.45. The van der Waals surface area contributed by atoms with E-state index >= 15 is 0 Å². The standard InChI is InChI=1S/C16H17ClN4O3/c1-10-6-11(16(23)24)8-20(7-10)15(22)13-9-21(19-18-13)14-5-3-2-4-12(14)17/h2-5,9-11H,6-8H2,1H3,(H,23,24). The molecule has 1 aliphatic heterocycles. The largest absolute Gasteiger partial charge is 0.481 e. The maximum atomic E-state index is 12.6. The number of likely N-dealkylation sites (tertiary alicyclic amines) is 1. The summed E-state index contributed by atoms with van der Waals surface area (Å²) in [6, 6.07) is 7.11. The molecule has 1 aromatic carbocycles. The molecule has 2 aromatic rings. The van der Waals surface area contributed by atoms with Crippen molar-refractivity contribution in [1.82, 2.24) is 19.9 Å². The molecule has 2 unspecified atom stereocenters. The molecule has 0 aliphatic carbocycles. The van der Waals surface area contributed by atoms with Crippen molar-refractivity contribution in [2.75, 3.05) is 13.1 Å². The number of nitrogens with zero attached hydrogens (tertiary/aromatic N) is 4. The van der Waals surface area contributed by atoms with Crippen LogP contribution in [-0.4, -0.2) is 50.0 Å². The Bertz CT molecular complexity index is 776. The van der Waals surface area contributed by atoms with Gasteiger partial charge in [0.15, 0.2) is 5.69 Å². The van der Waals surface area contributed by atoms with Gasteiger partial charge in [-0.2, -0.15) is 0 Å². The first-order chi connectivity index (χ1) is 11.5. The van der Waals surface area contributed by atoms with E-state index in [9.17, 15) is 14.7 Å². The molecule has 0 bridgehead atoms. The molecule has 1 aliphatic rings. The summed E-state index contributed by atoms with van der Waals surface area (Å²) in [4.78, 5) is 25.4. The Morgan fingerprint density at radius 3 is 2.75 bits per heavy atom. The van der Waals surface area contributed by atoms with Crippen molar-refractivity contribution >= 4 is 23.5 Å². The van der Waals surface area contributed by atoms with Gasteiger partial charge in [0.05, 0.1) is 22.8 Å². The van der Waals surface area contributed by atoms with Crippen LogP contribution in [0.1, 0.15) is 23.8 Å². The Kier molecular flexibility index (Phi) is 4.53. The van der Waals surface area contributed by atoms with Crippen LogP contribution < -0.4 is 0 Å². The molecule has 1 N–H and O–H groups in total. The fourth-order valence-corrected chi connectivity index (χ4v) is 3.20. The number of aliphatic carboxylic acids is 1. The molecule has 8 heteroatoms. The zero-order valence-corrected chi connectivity index (χ0v) is 13.8. The van der Waals surface area contributed by atoms with Crippen LogP contribution in [-0.2, 0) is 4.79 Å². The number of hydrogen-bond donors (Lipinski definition) is 1. The zero-order chi connectivity index (χ0) is 17.3. The smallest absolute Gasteiger partial charge is 0.308 e. The summed E-state index contributed by atoms with van der Waals surface area (Å²) in [7, 11) is 0. The normalized spacial score (nSPS) is 20.8. The van der Waals surface area contributed by atoms with Crippen LogP contribution in [0.3, 0.4) is 0 Å². The highest BCUT2D eigenvalue weighted by molar-refractivity contribution is 6.32. The van der Waals surface area contributed by atoms with E-state index in [1.54, 1.807) is 18.2 Å². The van der Waals surface area contributed by atoms with E-state index in [0.717, 1.165) is 0 Å². The van der Waals surface area contributed by atoms with E-state index in [0.29, 0.717) is 23.7 Å². The number of carboxylic acids is 1. The first-order valence-corrected chi connectivity index (χ1v) is 8.03. The number of amides is 1. The van der Waals surface area contributed by atoms with Crippen molar-refractivity contribution in [1.29, 1.82) is 0 Å². The first kappa shape index (κ1) is 16.4. The van der Waals surface area contributed by atoms with Gasteiger partial charge in [-0.3, -0.25) is 9.59 Å². The summed E-state index contributed by atoms with van der Waals surface area (Å²) in [6.45, 7) is 2.65.